The van der Waals surface area contributed by atoms with Gasteiger partial charge in [0.05, 0.1) is 0 Å². The van der Waals surface area contributed by atoms with Gasteiger partial charge in [0.1, 0.15) is 11.0 Å². The lowest BCUT2D eigenvalue weighted by Gasteiger charge is -2.01. The van der Waals surface area contributed by atoms with Gasteiger partial charge in [-0.25, -0.2) is 9.37 Å². The van der Waals surface area contributed by atoms with Crippen molar-refractivity contribution in [2.75, 3.05) is 0 Å². The number of aryl methyl sites for hydroxylation is 1. The molecule has 0 N–H and O–H groups in total. The third kappa shape index (κ3) is 1.49. The van der Waals surface area contributed by atoms with Crippen LogP contribution in [-0.2, 0) is 0 Å². The van der Waals surface area contributed by atoms with Crippen LogP contribution in [0.15, 0.2) is 24.3 Å². The van der Waals surface area contributed by atoms with Gasteiger partial charge in [0.15, 0.2) is 0 Å². The second-order valence-electron chi connectivity index (χ2n) is 2.90. The first-order valence-corrected chi connectivity index (χ1v) is 4.27. The standard InChI is InChI=1S/C10H7ClFN/c1-6-9-5-8(12)3-2-7(9)4-10(11)13-6/h2-5H,1H3. The minimum absolute atomic E-state index is 0.250. The lowest BCUT2D eigenvalue weighted by atomic mass is 10.1. The number of pyridine rings is 1. The minimum atomic E-state index is -0.250. The molecule has 3 heteroatoms. The van der Waals surface area contributed by atoms with Crippen LogP contribution in [0, 0.1) is 12.7 Å². The summed E-state index contributed by atoms with van der Waals surface area (Å²) in [5.74, 6) is -0.250. The molecule has 66 valence electrons. The van der Waals surface area contributed by atoms with Crippen molar-refractivity contribution in [2.45, 2.75) is 6.92 Å². The summed E-state index contributed by atoms with van der Waals surface area (Å²) < 4.78 is 12.9. The highest BCUT2D eigenvalue weighted by atomic mass is 35.5. The van der Waals surface area contributed by atoms with Crippen molar-refractivity contribution < 1.29 is 4.39 Å². The summed E-state index contributed by atoms with van der Waals surface area (Å²) in [6.07, 6.45) is 0. The number of halogens is 2. The Labute approximate surface area is 80.2 Å². The number of nitrogens with zero attached hydrogens (tertiary/aromatic N) is 1. The third-order valence-electron chi connectivity index (χ3n) is 1.95. The molecule has 0 radical (unpaired) electrons. The molecule has 0 bridgehead atoms. The first kappa shape index (κ1) is 8.45. The van der Waals surface area contributed by atoms with Crippen molar-refractivity contribution in [1.82, 2.24) is 4.98 Å². The van der Waals surface area contributed by atoms with E-state index >= 15 is 0 Å². The highest BCUT2D eigenvalue weighted by Gasteiger charge is 2.01. The summed E-state index contributed by atoms with van der Waals surface area (Å²) in [5, 5.41) is 2.17. The topological polar surface area (TPSA) is 12.9 Å². The van der Waals surface area contributed by atoms with Gasteiger partial charge in [0.2, 0.25) is 0 Å². The van der Waals surface area contributed by atoms with Gasteiger partial charge in [0, 0.05) is 11.1 Å². The molecule has 2 rings (SSSR count). The van der Waals surface area contributed by atoms with Gasteiger partial charge < -0.3 is 0 Å². The van der Waals surface area contributed by atoms with E-state index in [9.17, 15) is 4.39 Å². The Hall–Kier alpha value is -1.15. The molecule has 0 spiro atoms. The molecule has 0 aliphatic heterocycles. The average Bonchev–Trinajstić information content (AvgIpc) is 2.06. The van der Waals surface area contributed by atoms with Crippen LogP contribution in [0.1, 0.15) is 5.69 Å². The lowest BCUT2D eigenvalue weighted by Crippen LogP contribution is -1.86. The molecule has 0 fully saturated rings. The van der Waals surface area contributed by atoms with Gasteiger partial charge in [-0.1, -0.05) is 17.7 Å². The maximum absolute atomic E-state index is 12.9. The highest BCUT2D eigenvalue weighted by molar-refractivity contribution is 6.30. The van der Waals surface area contributed by atoms with Gasteiger partial charge in [-0.15, -0.1) is 0 Å². The smallest absolute Gasteiger partial charge is 0.129 e. The number of aromatic nitrogens is 1. The molecule has 1 nitrogen and oxygen atoms in total. The van der Waals surface area contributed by atoms with Crippen LogP contribution in [-0.4, -0.2) is 4.98 Å². The zero-order valence-electron chi connectivity index (χ0n) is 7.01. The van der Waals surface area contributed by atoms with Gasteiger partial charge in [-0.3, -0.25) is 0 Å². The normalized spacial score (nSPS) is 10.7. The Morgan fingerprint density at radius 1 is 1.31 bits per heavy atom. The van der Waals surface area contributed by atoms with Crippen LogP contribution in [0.3, 0.4) is 0 Å². The van der Waals surface area contributed by atoms with E-state index in [0.717, 1.165) is 16.5 Å². The molecule has 1 heterocycles. The van der Waals surface area contributed by atoms with Crippen LogP contribution in [0.2, 0.25) is 5.15 Å². The molecule has 0 amide bonds. The Morgan fingerprint density at radius 2 is 2.08 bits per heavy atom. The van der Waals surface area contributed by atoms with Crippen molar-refractivity contribution in [1.29, 1.82) is 0 Å². The molecule has 0 aliphatic rings. The Bertz CT molecular complexity index is 468. The largest absolute Gasteiger partial charge is 0.241 e. The van der Waals surface area contributed by atoms with E-state index in [1.807, 2.05) is 6.92 Å². The molecule has 0 atom stereocenters. The van der Waals surface area contributed by atoms with Crippen LogP contribution in [0.25, 0.3) is 10.8 Å². The molecular formula is C10H7ClFN. The van der Waals surface area contributed by atoms with Gasteiger partial charge in [-0.05, 0) is 30.5 Å². The van der Waals surface area contributed by atoms with Crippen molar-refractivity contribution in [2.24, 2.45) is 0 Å². The van der Waals surface area contributed by atoms with E-state index < -0.39 is 0 Å². The molecular weight excluding hydrogens is 189 g/mol. The van der Waals surface area contributed by atoms with Crippen molar-refractivity contribution in [3.8, 4) is 0 Å². The molecule has 1 aromatic heterocycles. The second-order valence-corrected chi connectivity index (χ2v) is 3.28. The molecule has 0 saturated heterocycles. The van der Waals surface area contributed by atoms with Crippen LogP contribution >= 0.6 is 11.6 Å². The molecule has 1 aromatic carbocycles. The number of hydrogen-bond acceptors (Lipinski definition) is 1. The Balaban J connectivity index is 2.87. The summed E-state index contributed by atoms with van der Waals surface area (Å²) in [7, 11) is 0. The van der Waals surface area contributed by atoms with Crippen LogP contribution < -0.4 is 0 Å². The highest BCUT2D eigenvalue weighted by Crippen LogP contribution is 2.21. The van der Waals surface area contributed by atoms with Crippen LogP contribution in [0.5, 0.6) is 0 Å². The number of rotatable bonds is 0. The van der Waals surface area contributed by atoms with Crippen molar-refractivity contribution >= 4 is 22.4 Å². The third-order valence-corrected chi connectivity index (χ3v) is 2.15. The fourth-order valence-corrected chi connectivity index (χ4v) is 1.59. The SMILES string of the molecule is Cc1nc(Cl)cc2ccc(F)cc12. The fourth-order valence-electron chi connectivity index (χ4n) is 1.35. The monoisotopic (exact) mass is 195 g/mol. The average molecular weight is 196 g/mol. The number of fused-ring (bicyclic) bond motifs is 1. The van der Waals surface area contributed by atoms with Crippen molar-refractivity contribution in [3.63, 3.8) is 0 Å². The predicted molar refractivity (Wildman–Crippen MR) is 51.4 cm³/mol. The zero-order chi connectivity index (χ0) is 9.42. The Kier molecular flexibility index (Phi) is 1.93. The predicted octanol–water partition coefficient (Wildman–Crippen LogP) is 3.34. The molecule has 0 unspecified atom stereocenters. The summed E-state index contributed by atoms with van der Waals surface area (Å²) in [5.41, 5.74) is 0.752. The molecule has 0 saturated carbocycles. The summed E-state index contributed by atoms with van der Waals surface area (Å²) >= 11 is 5.76. The molecule has 13 heavy (non-hydrogen) atoms. The summed E-state index contributed by atoms with van der Waals surface area (Å²) in [6.45, 7) is 1.81. The maximum Gasteiger partial charge on any atom is 0.129 e. The fraction of sp³-hybridized carbons (Fsp3) is 0.100. The van der Waals surface area contributed by atoms with Gasteiger partial charge in [-0.2, -0.15) is 0 Å². The van der Waals surface area contributed by atoms with Crippen molar-refractivity contribution in [3.05, 3.63) is 40.9 Å². The van der Waals surface area contributed by atoms with E-state index in [0.29, 0.717) is 5.15 Å². The van der Waals surface area contributed by atoms with Gasteiger partial charge in [0.25, 0.3) is 0 Å². The van der Waals surface area contributed by atoms with E-state index in [1.165, 1.54) is 12.1 Å². The zero-order valence-corrected chi connectivity index (χ0v) is 7.77. The first-order valence-electron chi connectivity index (χ1n) is 3.89. The van der Waals surface area contributed by atoms with E-state index in [2.05, 4.69) is 4.98 Å². The van der Waals surface area contributed by atoms with E-state index in [1.54, 1.807) is 12.1 Å². The molecule has 0 aliphatic carbocycles. The Morgan fingerprint density at radius 3 is 2.85 bits per heavy atom. The van der Waals surface area contributed by atoms with Gasteiger partial charge >= 0.3 is 0 Å². The summed E-state index contributed by atoms with van der Waals surface area (Å²) in [6, 6.07) is 6.31. The first-order chi connectivity index (χ1) is 6.16. The molecule has 2 aromatic rings. The van der Waals surface area contributed by atoms with E-state index in [-0.39, 0.29) is 5.82 Å². The van der Waals surface area contributed by atoms with Crippen LogP contribution in [0.4, 0.5) is 4.39 Å². The lowest BCUT2D eigenvalue weighted by molar-refractivity contribution is 0.629. The second kappa shape index (κ2) is 2.96. The van der Waals surface area contributed by atoms with E-state index in [4.69, 9.17) is 11.6 Å². The number of hydrogen-bond donors (Lipinski definition) is 0. The summed E-state index contributed by atoms with van der Waals surface area (Å²) in [4.78, 5) is 4.04. The minimum Gasteiger partial charge on any atom is -0.241 e. The number of benzene rings is 1. The maximum atomic E-state index is 12.9. The quantitative estimate of drug-likeness (QED) is 0.588.